The lowest BCUT2D eigenvalue weighted by Crippen LogP contribution is -2.47. The average Bonchev–Trinajstić information content (AvgIpc) is 3.23. The highest BCUT2D eigenvalue weighted by Gasteiger charge is 2.31. The molecular weight excluding hydrogens is 244 g/mol. The summed E-state index contributed by atoms with van der Waals surface area (Å²) in [5, 5.41) is 0. The second-order valence-electron chi connectivity index (χ2n) is 5.02. The van der Waals surface area contributed by atoms with Crippen LogP contribution in [0.5, 0.6) is 0 Å². The molecule has 1 saturated heterocycles. The molecule has 1 aliphatic carbocycles. The standard InChI is InChI=1S/C13H18N4S/c14-13(18)12-9-11(3-4-15-12)17-7-5-16(6-8-17)10-1-2-10/h3-4,9-10H,1-2,5-8H2,(H2,14,18). The maximum atomic E-state index is 5.62. The molecule has 2 heterocycles. The molecule has 0 atom stereocenters. The fourth-order valence-electron chi connectivity index (χ4n) is 2.54. The van der Waals surface area contributed by atoms with Gasteiger partial charge in [-0.25, -0.2) is 0 Å². The van der Waals surface area contributed by atoms with Crippen LogP contribution in [0.1, 0.15) is 18.5 Å². The predicted octanol–water partition coefficient (Wildman–Crippen LogP) is 1.00. The molecule has 1 saturated carbocycles. The fourth-order valence-corrected chi connectivity index (χ4v) is 2.65. The van der Waals surface area contributed by atoms with E-state index in [1.807, 2.05) is 12.1 Å². The van der Waals surface area contributed by atoms with Gasteiger partial charge in [-0.15, -0.1) is 0 Å². The maximum Gasteiger partial charge on any atom is 0.122 e. The Morgan fingerprint density at radius 3 is 2.61 bits per heavy atom. The van der Waals surface area contributed by atoms with E-state index >= 15 is 0 Å². The number of rotatable bonds is 3. The van der Waals surface area contributed by atoms with Crippen molar-refractivity contribution in [1.82, 2.24) is 9.88 Å². The van der Waals surface area contributed by atoms with Gasteiger partial charge in [0.05, 0.1) is 5.69 Å². The quantitative estimate of drug-likeness (QED) is 0.823. The molecule has 2 fully saturated rings. The second-order valence-corrected chi connectivity index (χ2v) is 5.46. The molecule has 18 heavy (non-hydrogen) atoms. The van der Waals surface area contributed by atoms with Crippen LogP contribution in [0.3, 0.4) is 0 Å². The van der Waals surface area contributed by atoms with Crippen molar-refractivity contribution in [2.45, 2.75) is 18.9 Å². The number of nitrogens with zero attached hydrogens (tertiary/aromatic N) is 3. The summed E-state index contributed by atoms with van der Waals surface area (Å²) >= 11 is 4.97. The van der Waals surface area contributed by atoms with E-state index in [0.717, 1.165) is 32.2 Å². The van der Waals surface area contributed by atoms with E-state index in [4.69, 9.17) is 18.0 Å². The van der Waals surface area contributed by atoms with Gasteiger partial charge in [0, 0.05) is 44.1 Å². The normalized spacial score (nSPS) is 21.0. The van der Waals surface area contributed by atoms with E-state index in [2.05, 4.69) is 14.8 Å². The fraction of sp³-hybridized carbons (Fsp3) is 0.538. The summed E-state index contributed by atoms with van der Waals surface area (Å²) in [7, 11) is 0. The summed E-state index contributed by atoms with van der Waals surface area (Å²) in [6, 6.07) is 4.90. The van der Waals surface area contributed by atoms with Crippen molar-refractivity contribution >= 4 is 22.9 Å². The Balaban J connectivity index is 1.67. The van der Waals surface area contributed by atoms with E-state index in [1.54, 1.807) is 6.20 Å². The van der Waals surface area contributed by atoms with Crippen LogP contribution >= 0.6 is 12.2 Å². The molecule has 0 bridgehead atoms. The third-order valence-electron chi connectivity index (χ3n) is 3.74. The number of anilines is 1. The Hall–Kier alpha value is -1.20. The van der Waals surface area contributed by atoms with Crippen molar-refractivity contribution in [2.24, 2.45) is 5.73 Å². The number of nitrogens with two attached hydrogens (primary N) is 1. The van der Waals surface area contributed by atoms with Gasteiger partial charge in [0.1, 0.15) is 4.99 Å². The number of piperazine rings is 1. The molecule has 0 amide bonds. The molecule has 2 N–H and O–H groups in total. The number of hydrogen-bond acceptors (Lipinski definition) is 4. The molecule has 1 aromatic heterocycles. The smallest absolute Gasteiger partial charge is 0.122 e. The summed E-state index contributed by atoms with van der Waals surface area (Å²) in [5.41, 5.74) is 7.52. The topological polar surface area (TPSA) is 45.4 Å². The van der Waals surface area contributed by atoms with Gasteiger partial charge in [0.2, 0.25) is 0 Å². The third kappa shape index (κ3) is 2.47. The minimum absolute atomic E-state index is 0.369. The van der Waals surface area contributed by atoms with Crippen LogP contribution < -0.4 is 10.6 Å². The average molecular weight is 262 g/mol. The molecule has 5 heteroatoms. The molecule has 3 rings (SSSR count). The van der Waals surface area contributed by atoms with Crippen molar-refractivity contribution in [3.8, 4) is 0 Å². The van der Waals surface area contributed by atoms with E-state index < -0.39 is 0 Å². The van der Waals surface area contributed by atoms with E-state index in [1.165, 1.54) is 18.5 Å². The van der Waals surface area contributed by atoms with Gasteiger partial charge < -0.3 is 10.6 Å². The van der Waals surface area contributed by atoms with Crippen molar-refractivity contribution in [3.05, 3.63) is 24.0 Å². The molecule has 1 aliphatic heterocycles. The van der Waals surface area contributed by atoms with Gasteiger partial charge in [-0.3, -0.25) is 9.88 Å². The van der Waals surface area contributed by atoms with E-state index in [0.29, 0.717) is 10.7 Å². The number of aromatic nitrogens is 1. The summed E-state index contributed by atoms with van der Waals surface area (Å²) in [6.45, 7) is 4.49. The first-order valence-electron chi connectivity index (χ1n) is 6.49. The number of thiocarbonyl (C=S) groups is 1. The van der Waals surface area contributed by atoms with Crippen LogP contribution in [0.2, 0.25) is 0 Å². The monoisotopic (exact) mass is 262 g/mol. The first kappa shape index (κ1) is 11.9. The van der Waals surface area contributed by atoms with Crippen LogP contribution in [0, 0.1) is 0 Å². The molecular formula is C13H18N4S. The van der Waals surface area contributed by atoms with Crippen molar-refractivity contribution in [1.29, 1.82) is 0 Å². The second kappa shape index (κ2) is 4.82. The Morgan fingerprint density at radius 2 is 2.00 bits per heavy atom. The minimum atomic E-state index is 0.369. The van der Waals surface area contributed by atoms with Crippen LogP contribution in [-0.2, 0) is 0 Å². The third-order valence-corrected chi connectivity index (χ3v) is 3.95. The number of hydrogen-bond donors (Lipinski definition) is 1. The lowest BCUT2D eigenvalue weighted by atomic mass is 10.2. The first-order chi connectivity index (χ1) is 8.74. The highest BCUT2D eigenvalue weighted by molar-refractivity contribution is 7.80. The maximum absolute atomic E-state index is 5.62. The molecule has 2 aliphatic rings. The molecule has 96 valence electrons. The highest BCUT2D eigenvalue weighted by atomic mass is 32.1. The van der Waals surface area contributed by atoms with Gasteiger partial charge in [-0.1, -0.05) is 12.2 Å². The lowest BCUT2D eigenvalue weighted by Gasteiger charge is -2.36. The number of pyridine rings is 1. The Bertz CT molecular complexity index is 450. The predicted molar refractivity (Wildman–Crippen MR) is 76.9 cm³/mol. The first-order valence-corrected chi connectivity index (χ1v) is 6.90. The summed E-state index contributed by atoms with van der Waals surface area (Å²) < 4.78 is 0. The van der Waals surface area contributed by atoms with Gasteiger partial charge >= 0.3 is 0 Å². The van der Waals surface area contributed by atoms with E-state index in [-0.39, 0.29) is 0 Å². The summed E-state index contributed by atoms with van der Waals surface area (Å²) in [6.07, 6.45) is 4.57. The SMILES string of the molecule is NC(=S)c1cc(N2CCN(C3CC3)CC2)ccn1. The Morgan fingerprint density at radius 1 is 1.28 bits per heavy atom. The molecule has 0 radical (unpaired) electrons. The largest absolute Gasteiger partial charge is 0.388 e. The molecule has 0 unspecified atom stereocenters. The van der Waals surface area contributed by atoms with Crippen LogP contribution in [0.25, 0.3) is 0 Å². The van der Waals surface area contributed by atoms with Crippen molar-refractivity contribution in [3.63, 3.8) is 0 Å². The molecule has 4 nitrogen and oxygen atoms in total. The summed E-state index contributed by atoms with van der Waals surface area (Å²) in [4.78, 5) is 9.55. The Labute approximate surface area is 113 Å². The molecule has 0 aromatic carbocycles. The zero-order valence-corrected chi connectivity index (χ0v) is 11.2. The molecule has 1 aromatic rings. The van der Waals surface area contributed by atoms with Gasteiger partial charge in [-0.05, 0) is 25.0 Å². The van der Waals surface area contributed by atoms with E-state index in [9.17, 15) is 0 Å². The van der Waals surface area contributed by atoms with Crippen molar-refractivity contribution in [2.75, 3.05) is 31.1 Å². The van der Waals surface area contributed by atoms with Crippen LogP contribution in [0.15, 0.2) is 18.3 Å². The highest BCUT2D eigenvalue weighted by Crippen LogP contribution is 2.28. The lowest BCUT2D eigenvalue weighted by molar-refractivity contribution is 0.248. The van der Waals surface area contributed by atoms with Crippen molar-refractivity contribution < 1.29 is 0 Å². The Kier molecular flexibility index (Phi) is 3.18. The van der Waals surface area contributed by atoms with Gasteiger partial charge in [0.15, 0.2) is 0 Å². The zero-order chi connectivity index (χ0) is 12.5. The van der Waals surface area contributed by atoms with Gasteiger partial charge in [0.25, 0.3) is 0 Å². The molecule has 0 spiro atoms. The minimum Gasteiger partial charge on any atom is -0.388 e. The zero-order valence-electron chi connectivity index (χ0n) is 10.4. The van der Waals surface area contributed by atoms with Crippen LogP contribution in [-0.4, -0.2) is 47.1 Å². The van der Waals surface area contributed by atoms with Crippen LogP contribution in [0.4, 0.5) is 5.69 Å². The van der Waals surface area contributed by atoms with Gasteiger partial charge in [-0.2, -0.15) is 0 Å². The summed E-state index contributed by atoms with van der Waals surface area (Å²) in [5.74, 6) is 0.